The Bertz CT molecular complexity index is 1320. The fourth-order valence-corrected chi connectivity index (χ4v) is 4.72. The van der Waals surface area contributed by atoms with Gasteiger partial charge in [0.2, 0.25) is 5.95 Å². The Morgan fingerprint density at radius 1 is 1.03 bits per heavy atom. The standard InChI is InChI=1S/C28H33FN6O/c1-28(2,36)14-15-30-27-33-25(24-26(34-27)35(18-32-24)23-8-3-4-9-23)31-17-19-10-12-20(13-11-19)21-6-5-7-22(29)16-21/h5-7,10-13,16,18,23,36H,3-4,8-9,14-15,17H2,1-2H3,(H2,30,31,33,34). The molecule has 8 heteroatoms. The summed E-state index contributed by atoms with van der Waals surface area (Å²) in [5.74, 6) is 0.960. The van der Waals surface area contributed by atoms with Crippen LogP contribution in [0.25, 0.3) is 22.3 Å². The Hall–Kier alpha value is -3.52. The van der Waals surface area contributed by atoms with Gasteiger partial charge in [0.05, 0.1) is 11.9 Å². The molecule has 1 aliphatic carbocycles. The smallest absolute Gasteiger partial charge is 0.226 e. The molecule has 0 amide bonds. The van der Waals surface area contributed by atoms with Crippen LogP contribution in [-0.2, 0) is 6.54 Å². The molecule has 0 radical (unpaired) electrons. The summed E-state index contributed by atoms with van der Waals surface area (Å²) >= 11 is 0. The topological polar surface area (TPSA) is 87.9 Å². The molecule has 0 aliphatic heterocycles. The predicted octanol–water partition coefficient (Wildman–Crippen LogP) is 5.93. The molecule has 4 aromatic rings. The highest BCUT2D eigenvalue weighted by Crippen LogP contribution is 2.33. The van der Waals surface area contributed by atoms with E-state index < -0.39 is 5.60 Å². The SMILES string of the molecule is CC(C)(O)CCNc1nc(NCc2ccc(-c3cccc(F)c3)cc2)c2ncn(C3CCCC3)c2n1. The molecule has 5 rings (SSSR count). The van der Waals surface area contributed by atoms with Crippen molar-refractivity contribution in [3.63, 3.8) is 0 Å². The second-order valence-corrected chi connectivity index (χ2v) is 10.2. The number of nitrogens with zero attached hydrogens (tertiary/aromatic N) is 4. The lowest BCUT2D eigenvalue weighted by atomic mass is 10.0. The molecule has 1 aliphatic rings. The van der Waals surface area contributed by atoms with Gasteiger partial charge in [-0.05, 0) is 61.9 Å². The van der Waals surface area contributed by atoms with Crippen molar-refractivity contribution in [1.29, 1.82) is 0 Å². The highest BCUT2D eigenvalue weighted by atomic mass is 19.1. The normalized spacial score (nSPS) is 14.4. The number of aromatic nitrogens is 4. The molecule has 2 heterocycles. The number of nitrogens with one attached hydrogen (secondary N) is 2. The number of hydrogen-bond acceptors (Lipinski definition) is 6. The predicted molar refractivity (Wildman–Crippen MR) is 141 cm³/mol. The van der Waals surface area contributed by atoms with E-state index in [0.29, 0.717) is 37.3 Å². The third kappa shape index (κ3) is 5.65. The first-order valence-electron chi connectivity index (χ1n) is 12.7. The molecule has 36 heavy (non-hydrogen) atoms. The molecule has 0 unspecified atom stereocenters. The first-order chi connectivity index (χ1) is 17.4. The van der Waals surface area contributed by atoms with Gasteiger partial charge < -0.3 is 20.3 Å². The van der Waals surface area contributed by atoms with Crippen LogP contribution in [0.2, 0.25) is 0 Å². The van der Waals surface area contributed by atoms with E-state index in [9.17, 15) is 9.50 Å². The molecular formula is C28H33FN6O. The number of anilines is 2. The highest BCUT2D eigenvalue weighted by molar-refractivity contribution is 5.84. The van der Waals surface area contributed by atoms with Crippen molar-refractivity contribution < 1.29 is 9.50 Å². The number of hydrogen-bond donors (Lipinski definition) is 3. The van der Waals surface area contributed by atoms with Crippen LogP contribution in [0.1, 0.15) is 57.6 Å². The third-order valence-electron chi connectivity index (χ3n) is 6.73. The summed E-state index contributed by atoms with van der Waals surface area (Å²) in [5, 5.41) is 16.8. The van der Waals surface area contributed by atoms with Crippen molar-refractivity contribution in [1.82, 2.24) is 19.5 Å². The molecule has 0 spiro atoms. The van der Waals surface area contributed by atoms with E-state index in [4.69, 9.17) is 9.97 Å². The minimum Gasteiger partial charge on any atom is -0.390 e. The summed E-state index contributed by atoms with van der Waals surface area (Å²) < 4.78 is 15.8. The van der Waals surface area contributed by atoms with E-state index in [-0.39, 0.29) is 5.82 Å². The summed E-state index contributed by atoms with van der Waals surface area (Å²) in [6.45, 7) is 4.71. The van der Waals surface area contributed by atoms with Gasteiger partial charge in [-0.25, -0.2) is 9.37 Å². The largest absolute Gasteiger partial charge is 0.390 e. The van der Waals surface area contributed by atoms with Crippen molar-refractivity contribution in [3.05, 3.63) is 66.2 Å². The van der Waals surface area contributed by atoms with E-state index in [0.717, 1.165) is 40.7 Å². The number of imidazole rings is 1. The number of halogens is 1. The number of fused-ring (bicyclic) bond motifs is 1. The Balaban J connectivity index is 1.37. The molecule has 1 saturated carbocycles. The molecule has 0 atom stereocenters. The van der Waals surface area contributed by atoms with Gasteiger partial charge in [-0.15, -0.1) is 0 Å². The Morgan fingerprint density at radius 2 is 1.81 bits per heavy atom. The molecule has 2 aromatic heterocycles. The van der Waals surface area contributed by atoms with Crippen molar-refractivity contribution in [2.75, 3.05) is 17.2 Å². The quantitative estimate of drug-likeness (QED) is 0.271. The lowest BCUT2D eigenvalue weighted by Crippen LogP contribution is -2.23. The molecule has 0 bridgehead atoms. The second kappa shape index (κ2) is 10.2. The van der Waals surface area contributed by atoms with E-state index >= 15 is 0 Å². The van der Waals surface area contributed by atoms with Crippen LogP contribution in [0.15, 0.2) is 54.9 Å². The van der Waals surface area contributed by atoms with E-state index in [1.807, 2.05) is 36.7 Å². The Labute approximate surface area is 210 Å². The van der Waals surface area contributed by atoms with Crippen molar-refractivity contribution in [3.8, 4) is 11.1 Å². The molecule has 188 valence electrons. The Morgan fingerprint density at radius 3 is 2.53 bits per heavy atom. The van der Waals surface area contributed by atoms with Gasteiger partial charge in [0.1, 0.15) is 5.82 Å². The van der Waals surface area contributed by atoms with Crippen LogP contribution in [0, 0.1) is 5.82 Å². The number of benzene rings is 2. The first-order valence-corrected chi connectivity index (χ1v) is 12.7. The maximum atomic E-state index is 13.6. The average molecular weight is 489 g/mol. The summed E-state index contributed by atoms with van der Waals surface area (Å²) in [6, 6.07) is 15.1. The number of aliphatic hydroxyl groups is 1. The van der Waals surface area contributed by atoms with Gasteiger partial charge in [0.15, 0.2) is 17.0 Å². The van der Waals surface area contributed by atoms with E-state index in [2.05, 4.69) is 20.2 Å². The fraction of sp³-hybridized carbons (Fsp3) is 0.393. The van der Waals surface area contributed by atoms with Crippen LogP contribution in [0.3, 0.4) is 0 Å². The lowest BCUT2D eigenvalue weighted by molar-refractivity contribution is 0.0748. The van der Waals surface area contributed by atoms with Crippen LogP contribution >= 0.6 is 0 Å². The summed E-state index contributed by atoms with van der Waals surface area (Å²) in [7, 11) is 0. The van der Waals surface area contributed by atoms with Gasteiger partial charge >= 0.3 is 0 Å². The summed E-state index contributed by atoms with van der Waals surface area (Å²) in [5.41, 5.74) is 3.72. The fourth-order valence-electron chi connectivity index (χ4n) is 4.72. The molecular weight excluding hydrogens is 455 g/mol. The molecule has 7 nitrogen and oxygen atoms in total. The zero-order chi connectivity index (χ0) is 25.1. The molecule has 0 saturated heterocycles. The second-order valence-electron chi connectivity index (χ2n) is 10.2. The van der Waals surface area contributed by atoms with Crippen LogP contribution in [0.4, 0.5) is 16.2 Å². The van der Waals surface area contributed by atoms with Gasteiger partial charge in [-0.2, -0.15) is 9.97 Å². The van der Waals surface area contributed by atoms with Gasteiger partial charge in [0, 0.05) is 19.1 Å². The zero-order valence-electron chi connectivity index (χ0n) is 20.8. The summed E-state index contributed by atoms with van der Waals surface area (Å²) in [4.78, 5) is 14.2. The van der Waals surface area contributed by atoms with Crippen molar-refractivity contribution >= 4 is 22.9 Å². The van der Waals surface area contributed by atoms with Crippen LogP contribution in [0.5, 0.6) is 0 Å². The van der Waals surface area contributed by atoms with Gasteiger partial charge in [-0.3, -0.25) is 0 Å². The maximum absolute atomic E-state index is 13.6. The van der Waals surface area contributed by atoms with Crippen molar-refractivity contribution in [2.24, 2.45) is 0 Å². The minimum absolute atomic E-state index is 0.241. The molecule has 2 aromatic carbocycles. The van der Waals surface area contributed by atoms with E-state index in [1.54, 1.807) is 19.9 Å². The summed E-state index contributed by atoms with van der Waals surface area (Å²) in [6.07, 6.45) is 7.19. The van der Waals surface area contributed by atoms with Crippen molar-refractivity contribution in [2.45, 2.75) is 64.1 Å². The Kier molecular flexibility index (Phi) is 6.87. The molecule has 1 fully saturated rings. The third-order valence-corrected chi connectivity index (χ3v) is 6.73. The maximum Gasteiger partial charge on any atom is 0.226 e. The van der Waals surface area contributed by atoms with Crippen LogP contribution < -0.4 is 10.6 Å². The van der Waals surface area contributed by atoms with Gasteiger partial charge in [0.25, 0.3) is 0 Å². The van der Waals surface area contributed by atoms with Gasteiger partial charge in [-0.1, -0.05) is 49.2 Å². The highest BCUT2D eigenvalue weighted by Gasteiger charge is 2.22. The molecule has 3 N–H and O–H groups in total. The lowest BCUT2D eigenvalue weighted by Gasteiger charge is -2.17. The zero-order valence-corrected chi connectivity index (χ0v) is 20.8. The average Bonchev–Trinajstić information content (AvgIpc) is 3.52. The first kappa shape index (κ1) is 24.2. The minimum atomic E-state index is -0.762. The van der Waals surface area contributed by atoms with E-state index in [1.165, 1.54) is 25.0 Å². The monoisotopic (exact) mass is 488 g/mol. The van der Waals surface area contributed by atoms with Crippen LogP contribution in [-0.4, -0.2) is 36.8 Å². The number of rotatable bonds is 9.